The van der Waals surface area contributed by atoms with Crippen LogP contribution in [0.1, 0.15) is 30.9 Å². The zero-order valence-electron chi connectivity index (χ0n) is 29.0. The maximum Gasteiger partial charge on any atom is 0.165 e. The molecule has 2 unspecified atom stereocenters. The van der Waals surface area contributed by atoms with Crippen molar-refractivity contribution in [3.63, 3.8) is 0 Å². The van der Waals surface area contributed by atoms with Gasteiger partial charge < -0.3 is 0 Å². The van der Waals surface area contributed by atoms with E-state index in [2.05, 4.69) is 172 Å². The summed E-state index contributed by atoms with van der Waals surface area (Å²) in [6.07, 6.45) is 9.19. The average molecular weight is 686 g/mol. The van der Waals surface area contributed by atoms with Crippen LogP contribution in [0.3, 0.4) is 0 Å². The Morgan fingerprint density at radius 3 is 1.92 bits per heavy atom. The minimum atomic E-state index is 0.0716. The highest BCUT2D eigenvalue weighted by Crippen LogP contribution is 2.55. The van der Waals surface area contributed by atoms with Crippen LogP contribution in [-0.2, 0) is 5.41 Å². The molecule has 0 bridgehead atoms. The van der Waals surface area contributed by atoms with Crippen molar-refractivity contribution in [3.05, 3.63) is 175 Å². The normalized spacial score (nSPS) is 17.0. The highest BCUT2D eigenvalue weighted by atomic mass is 32.1. The fraction of sp³-hybridized carbons (Fsp3) is 0.104. The van der Waals surface area contributed by atoms with E-state index < -0.39 is 0 Å². The van der Waals surface area contributed by atoms with E-state index in [-0.39, 0.29) is 5.41 Å². The predicted molar refractivity (Wildman–Crippen MR) is 217 cm³/mol. The second-order valence-electron chi connectivity index (χ2n) is 14.4. The van der Waals surface area contributed by atoms with Crippen LogP contribution in [0, 0.1) is 5.92 Å². The molecule has 0 radical (unpaired) electrons. The summed E-state index contributed by atoms with van der Waals surface area (Å²) in [7, 11) is 0. The predicted octanol–water partition coefficient (Wildman–Crippen LogP) is 12.7. The Kier molecular flexibility index (Phi) is 7.16. The summed E-state index contributed by atoms with van der Waals surface area (Å²) in [5, 5.41) is 2.48. The lowest BCUT2D eigenvalue weighted by molar-refractivity contribution is 0.394. The molecule has 6 aromatic carbocycles. The number of hydrogen-bond acceptors (Lipinski definition) is 4. The molecule has 10 rings (SSSR count). The number of rotatable bonds is 5. The summed E-state index contributed by atoms with van der Waals surface area (Å²) in [4.78, 5) is 15.7. The largest absolute Gasteiger partial charge is 0.208 e. The maximum atomic E-state index is 5.23. The van der Waals surface area contributed by atoms with Gasteiger partial charge in [-0.05, 0) is 56.8 Å². The molecule has 0 saturated carbocycles. The molecule has 8 aromatic rings. The lowest BCUT2D eigenvalue weighted by Gasteiger charge is -2.29. The molecule has 2 aromatic heterocycles. The Bertz CT molecular complexity index is 2720. The molecule has 2 aliphatic rings. The van der Waals surface area contributed by atoms with Crippen LogP contribution in [0.4, 0.5) is 0 Å². The van der Waals surface area contributed by atoms with E-state index in [9.17, 15) is 0 Å². The number of thiophene rings is 1. The number of fused-ring (bicyclic) bond motifs is 6. The van der Waals surface area contributed by atoms with E-state index in [1.165, 1.54) is 42.4 Å². The van der Waals surface area contributed by atoms with E-state index in [4.69, 9.17) is 15.0 Å². The molecule has 0 N–H and O–H groups in total. The SMILES string of the molecule is CC1(C)c2cccc(-c3ccc(-c4nc(-c5ccccc5-c5ccccc5)nc(-c5cccc6c5sc5ccccc56)n4)cc3)c2C2C=CC=CC21. The van der Waals surface area contributed by atoms with Crippen LogP contribution < -0.4 is 0 Å². The molecule has 0 spiro atoms. The van der Waals surface area contributed by atoms with Crippen LogP contribution >= 0.6 is 11.3 Å². The Labute approximate surface area is 307 Å². The molecule has 0 saturated heterocycles. The fourth-order valence-electron chi connectivity index (χ4n) is 8.51. The third kappa shape index (κ3) is 4.90. The second kappa shape index (κ2) is 12.1. The lowest BCUT2D eigenvalue weighted by Crippen LogP contribution is -2.24. The molecular formula is C48H35N3S. The van der Waals surface area contributed by atoms with E-state index in [1.54, 1.807) is 11.3 Å². The number of benzene rings is 6. The molecule has 3 nitrogen and oxygen atoms in total. The summed E-state index contributed by atoms with van der Waals surface area (Å²) in [5.74, 6) is 2.83. The quantitative estimate of drug-likeness (QED) is 0.181. The third-order valence-corrected chi connectivity index (χ3v) is 12.3. The van der Waals surface area contributed by atoms with Gasteiger partial charge in [0.15, 0.2) is 17.5 Å². The van der Waals surface area contributed by atoms with E-state index in [1.807, 2.05) is 6.07 Å². The van der Waals surface area contributed by atoms with Crippen LogP contribution in [0.15, 0.2) is 164 Å². The molecule has 0 fully saturated rings. The van der Waals surface area contributed by atoms with Gasteiger partial charge in [-0.15, -0.1) is 11.3 Å². The van der Waals surface area contributed by atoms with Gasteiger partial charge in [-0.3, -0.25) is 0 Å². The van der Waals surface area contributed by atoms with Gasteiger partial charge in [-0.25, -0.2) is 15.0 Å². The van der Waals surface area contributed by atoms with Crippen molar-refractivity contribution < 1.29 is 0 Å². The highest BCUT2D eigenvalue weighted by Gasteiger charge is 2.45. The highest BCUT2D eigenvalue weighted by molar-refractivity contribution is 7.26. The molecule has 2 heterocycles. The number of nitrogens with zero attached hydrogens (tertiary/aromatic N) is 3. The Morgan fingerprint density at radius 1 is 0.481 bits per heavy atom. The van der Waals surface area contributed by atoms with Crippen LogP contribution in [0.2, 0.25) is 0 Å². The van der Waals surface area contributed by atoms with Gasteiger partial charge in [0, 0.05) is 42.8 Å². The Hall–Kier alpha value is -5.97. The topological polar surface area (TPSA) is 38.7 Å². The van der Waals surface area contributed by atoms with Crippen molar-refractivity contribution >= 4 is 31.5 Å². The van der Waals surface area contributed by atoms with Gasteiger partial charge >= 0.3 is 0 Å². The summed E-state index contributed by atoms with van der Waals surface area (Å²) in [6.45, 7) is 4.77. The first-order valence-corrected chi connectivity index (χ1v) is 18.8. The minimum Gasteiger partial charge on any atom is -0.208 e. The lowest BCUT2D eigenvalue weighted by atomic mass is 9.74. The van der Waals surface area contributed by atoms with Gasteiger partial charge in [-0.1, -0.05) is 166 Å². The van der Waals surface area contributed by atoms with Crippen LogP contribution in [0.25, 0.3) is 76.6 Å². The monoisotopic (exact) mass is 685 g/mol. The minimum absolute atomic E-state index is 0.0716. The number of aromatic nitrogens is 3. The fourth-order valence-corrected chi connectivity index (χ4v) is 9.72. The number of allylic oxidation sites excluding steroid dienone is 4. The summed E-state index contributed by atoms with van der Waals surface area (Å²) in [6, 6.07) is 49.6. The van der Waals surface area contributed by atoms with Crippen LogP contribution in [0.5, 0.6) is 0 Å². The third-order valence-electron chi connectivity index (χ3n) is 11.1. The molecular weight excluding hydrogens is 651 g/mol. The van der Waals surface area contributed by atoms with Crippen molar-refractivity contribution in [1.29, 1.82) is 0 Å². The van der Waals surface area contributed by atoms with Gasteiger partial charge in [0.1, 0.15) is 0 Å². The maximum absolute atomic E-state index is 5.23. The van der Waals surface area contributed by atoms with Crippen molar-refractivity contribution in [2.45, 2.75) is 25.2 Å². The first-order chi connectivity index (χ1) is 25.5. The Balaban J connectivity index is 1.14. The number of hydrogen-bond donors (Lipinski definition) is 0. The van der Waals surface area contributed by atoms with Gasteiger partial charge in [0.05, 0.1) is 0 Å². The Morgan fingerprint density at radius 2 is 1.08 bits per heavy atom. The summed E-state index contributed by atoms with van der Waals surface area (Å²) in [5.41, 5.74) is 10.6. The molecule has 4 heteroatoms. The van der Waals surface area contributed by atoms with Gasteiger partial charge in [-0.2, -0.15) is 0 Å². The standard InChI is InChI=1S/C48H35N3S/c1-48(2)40-23-10-8-19-38(40)43-34(20-13-24-41(43)48)31-26-28-32(29-27-31)45-49-46(37-18-7-6-16-33(37)30-14-4-3-5-15-30)51-47(50-45)39-22-12-21-36-35-17-9-11-25-42(35)52-44(36)39/h3-29,38,40H,1-2H3. The van der Waals surface area contributed by atoms with Crippen molar-refractivity contribution in [2.75, 3.05) is 0 Å². The molecule has 0 amide bonds. The van der Waals surface area contributed by atoms with Crippen molar-refractivity contribution in [1.82, 2.24) is 15.0 Å². The van der Waals surface area contributed by atoms with E-state index in [0.717, 1.165) is 27.8 Å². The average Bonchev–Trinajstić information content (AvgIpc) is 3.70. The first-order valence-electron chi connectivity index (χ1n) is 18.0. The second-order valence-corrected chi connectivity index (χ2v) is 15.4. The van der Waals surface area contributed by atoms with E-state index in [0.29, 0.717) is 29.3 Å². The summed E-state index contributed by atoms with van der Waals surface area (Å²) < 4.78 is 2.44. The molecule has 52 heavy (non-hydrogen) atoms. The van der Waals surface area contributed by atoms with Gasteiger partial charge in [0.2, 0.25) is 0 Å². The summed E-state index contributed by atoms with van der Waals surface area (Å²) >= 11 is 1.79. The molecule has 2 atom stereocenters. The molecule has 248 valence electrons. The van der Waals surface area contributed by atoms with Crippen molar-refractivity contribution in [2.24, 2.45) is 5.92 Å². The zero-order valence-corrected chi connectivity index (χ0v) is 29.8. The van der Waals surface area contributed by atoms with E-state index >= 15 is 0 Å². The zero-order chi connectivity index (χ0) is 34.8. The molecule has 0 aliphatic heterocycles. The first kappa shape index (κ1) is 30.8. The van der Waals surface area contributed by atoms with Crippen LogP contribution in [-0.4, -0.2) is 15.0 Å². The smallest absolute Gasteiger partial charge is 0.165 e. The van der Waals surface area contributed by atoms with Gasteiger partial charge in [0.25, 0.3) is 0 Å². The van der Waals surface area contributed by atoms with Crippen molar-refractivity contribution in [3.8, 4) is 56.4 Å². The molecule has 2 aliphatic carbocycles.